The molecular weight excluding hydrogens is 228 g/mol. The Bertz CT molecular complexity index is 439. The van der Waals surface area contributed by atoms with Gasteiger partial charge in [-0.2, -0.15) is 0 Å². The second kappa shape index (κ2) is 5.27. The Morgan fingerprint density at radius 3 is 2.67 bits per heavy atom. The van der Waals surface area contributed by atoms with Crippen molar-refractivity contribution in [1.82, 2.24) is 4.90 Å². The van der Waals surface area contributed by atoms with Crippen molar-refractivity contribution in [2.75, 3.05) is 31.2 Å². The molecule has 1 saturated heterocycles. The Balaban J connectivity index is 2.10. The van der Waals surface area contributed by atoms with Crippen LogP contribution in [0.5, 0.6) is 0 Å². The molecule has 18 heavy (non-hydrogen) atoms. The molecule has 1 heterocycles. The van der Waals surface area contributed by atoms with E-state index >= 15 is 0 Å². The lowest BCUT2D eigenvalue weighted by Gasteiger charge is -2.30. The maximum atomic E-state index is 11.2. The van der Waals surface area contributed by atoms with Crippen LogP contribution in [0.1, 0.15) is 23.2 Å². The second-order valence-corrected chi connectivity index (χ2v) is 4.85. The van der Waals surface area contributed by atoms with Crippen LogP contribution in [0.25, 0.3) is 0 Å². The maximum Gasteiger partial charge on any atom is 0.250 e. The highest BCUT2D eigenvalue weighted by Crippen LogP contribution is 2.25. The highest BCUT2D eigenvalue weighted by atomic mass is 16.1. The van der Waals surface area contributed by atoms with E-state index in [0.29, 0.717) is 17.3 Å². The molecule has 5 heteroatoms. The van der Waals surface area contributed by atoms with Gasteiger partial charge in [0.05, 0.1) is 16.9 Å². The third-order valence-corrected chi connectivity index (χ3v) is 3.45. The molecule has 1 aliphatic heterocycles. The predicted octanol–water partition coefficient (Wildman–Crippen LogP) is 0.874. The van der Waals surface area contributed by atoms with E-state index in [1.54, 1.807) is 12.1 Å². The first-order valence-electron chi connectivity index (χ1n) is 6.21. The number of carbonyl (C=O) groups excluding carboxylic acids is 1. The Morgan fingerprint density at radius 1 is 1.39 bits per heavy atom. The largest absolute Gasteiger partial charge is 0.396 e. The lowest BCUT2D eigenvalue weighted by molar-refractivity contribution is 0.100. The Morgan fingerprint density at radius 2 is 2.06 bits per heavy atom. The second-order valence-electron chi connectivity index (χ2n) is 4.85. The Hall–Kier alpha value is -1.75. The van der Waals surface area contributed by atoms with E-state index < -0.39 is 5.91 Å². The van der Waals surface area contributed by atoms with Crippen LogP contribution in [0, 0.1) is 0 Å². The summed E-state index contributed by atoms with van der Waals surface area (Å²) in [7, 11) is 2.12. The van der Waals surface area contributed by atoms with E-state index in [1.807, 2.05) is 6.07 Å². The molecule has 1 fully saturated rings. The van der Waals surface area contributed by atoms with Gasteiger partial charge >= 0.3 is 0 Å². The van der Waals surface area contributed by atoms with Gasteiger partial charge in [0.25, 0.3) is 5.91 Å². The first-order chi connectivity index (χ1) is 8.58. The number of para-hydroxylation sites is 1. The maximum absolute atomic E-state index is 11.2. The zero-order valence-corrected chi connectivity index (χ0v) is 10.6. The minimum atomic E-state index is -0.487. The number of primary amides is 1. The number of nitrogen functional groups attached to an aromatic ring is 1. The third kappa shape index (κ3) is 2.73. The van der Waals surface area contributed by atoms with Crippen molar-refractivity contribution in [3.05, 3.63) is 23.8 Å². The SMILES string of the molecule is CN1CCC(Nc2cccc(C(N)=O)c2N)CC1. The van der Waals surface area contributed by atoms with Crippen LogP contribution in [0.3, 0.4) is 0 Å². The standard InChI is InChI=1S/C13H20N4O/c1-17-7-5-9(6-8-17)16-11-4-2-3-10(12(11)14)13(15)18/h2-4,9,16H,5-8,14H2,1H3,(H2,15,18). The fourth-order valence-corrected chi connectivity index (χ4v) is 2.28. The lowest BCUT2D eigenvalue weighted by atomic mass is 10.0. The number of nitrogens with zero attached hydrogens (tertiary/aromatic N) is 1. The van der Waals surface area contributed by atoms with Gasteiger partial charge < -0.3 is 21.7 Å². The smallest absolute Gasteiger partial charge is 0.250 e. The number of piperidine rings is 1. The molecule has 0 saturated carbocycles. The van der Waals surface area contributed by atoms with Gasteiger partial charge in [-0.15, -0.1) is 0 Å². The zero-order chi connectivity index (χ0) is 13.1. The Kier molecular flexibility index (Phi) is 3.72. The van der Waals surface area contributed by atoms with Crippen LogP contribution in [0.15, 0.2) is 18.2 Å². The molecule has 1 aromatic rings. The number of likely N-dealkylation sites (tertiary alicyclic amines) is 1. The predicted molar refractivity (Wildman–Crippen MR) is 73.5 cm³/mol. The van der Waals surface area contributed by atoms with Crippen molar-refractivity contribution in [3.8, 4) is 0 Å². The highest BCUT2D eigenvalue weighted by Gasteiger charge is 2.18. The van der Waals surface area contributed by atoms with Gasteiger partial charge in [0.15, 0.2) is 0 Å². The number of rotatable bonds is 3. The van der Waals surface area contributed by atoms with Crippen molar-refractivity contribution in [2.45, 2.75) is 18.9 Å². The van der Waals surface area contributed by atoms with E-state index in [0.717, 1.165) is 31.6 Å². The van der Waals surface area contributed by atoms with Gasteiger partial charge in [0, 0.05) is 6.04 Å². The summed E-state index contributed by atoms with van der Waals surface area (Å²) in [6, 6.07) is 5.75. The van der Waals surface area contributed by atoms with E-state index in [9.17, 15) is 4.79 Å². The summed E-state index contributed by atoms with van der Waals surface area (Å²) < 4.78 is 0. The fourth-order valence-electron chi connectivity index (χ4n) is 2.28. The van der Waals surface area contributed by atoms with Crippen molar-refractivity contribution in [2.24, 2.45) is 5.73 Å². The molecule has 1 aromatic carbocycles. The van der Waals surface area contributed by atoms with Crippen LogP contribution in [0.4, 0.5) is 11.4 Å². The average molecular weight is 248 g/mol. The molecule has 0 bridgehead atoms. The number of carbonyl (C=O) groups is 1. The van der Waals surface area contributed by atoms with Gasteiger partial charge in [-0.05, 0) is 45.1 Å². The van der Waals surface area contributed by atoms with Gasteiger partial charge in [-0.25, -0.2) is 0 Å². The summed E-state index contributed by atoms with van der Waals surface area (Å²) in [5.41, 5.74) is 12.9. The molecule has 1 amide bonds. The van der Waals surface area contributed by atoms with Gasteiger partial charge in [0.2, 0.25) is 0 Å². The lowest BCUT2D eigenvalue weighted by Crippen LogP contribution is -2.36. The van der Waals surface area contributed by atoms with E-state index in [1.165, 1.54) is 0 Å². The number of amides is 1. The molecule has 5 N–H and O–H groups in total. The van der Waals surface area contributed by atoms with Crippen LogP contribution < -0.4 is 16.8 Å². The molecule has 5 nitrogen and oxygen atoms in total. The number of anilines is 2. The minimum absolute atomic E-state index is 0.382. The van der Waals surface area contributed by atoms with Crippen LogP contribution in [-0.2, 0) is 0 Å². The van der Waals surface area contributed by atoms with Crippen LogP contribution >= 0.6 is 0 Å². The first-order valence-corrected chi connectivity index (χ1v) is 6.21. The molecule has 0 unspecified atom stereocenters. The topological polar surface area (TPSA) is 84.4 Å². The number of nitrogens with one attached hydrogen (secondary N) is 1. The molecule has 2 rings (SSSR count). The molecule has 0 aliphatic carbocycles. The number of hydrogen-bond acceptors (Lipinski definition) is 4. The van der Waals surface area contributed by atoms with Crippen molar-refractivity contribution >= 4 is 17.3 Å². The number of benzene rings is 1. The van der Waals surface area contributed by atoms with E-state index in [4.69, 9.17) is 11.5 Å². The molecule has 98 valence electrons. The van der Waals surface area contributed by atoms with Crippen LogP contribution in [-0.4, -0.2) is 37.0 Å². The summed E-state index contributed by atoms with van der Waals surface area (Å²) in [6.07, 6.45) is 2.16. The summed E-state index contributed by atoms with van der Waals surface area (Å²) >= 11 is 0. The molecule has 0 atom stereocenters. The van der Waals surface area contributed by atoms with Gasteiger partial charge in [-0.1, -0.05) is 6.07 Å². The summed E-state index contributed by atoms with van der Waals surface area (Å²) in [5.74, 6) is -0.487. The number of hydrogen-bond donors (Lipinski definition) is 3. The van der Waals surface area contributed by atoms with Gasteiger partial charge in [-0.3, -0.25) is 4.79 Å². The van der Waals surface area contributed by atoms with Crippen LogP contribution in [0.2, 0.25) is 0 Å². The van der Waals surface area contributed by atoms with Crippen molar-refractivity contribution < 1.29 is 4.79 Å². The average Bonchev–Trinajstić information content (AvgIpc) is 2.34. The fraction of sp³-hybridized carbons (Fsp3) is 0.462. The van der Waals surface area contributed by atoms with E-state index in [2.05, 4.69) is 17.3 Å². The van der Waals surface area contributed by atoms with E-state index in [-0.39, 0.29) is 0 Å². The van der Waals surface area contributed by atoms with Crippen molar-refractivity contribution in [3.63, 3.8) is 0 Å². The minimum Gasteiger partial charge on any atom is -0.396 e. The molecule has 0 aromatic heterocycles. The first kappa shape index (κ1) is 12.7. The van der Waals surface area contributed by atoms with Crippen molar-refractivity contribution in [1.29, 1.82) is 0 Å². The molecular formula is C13H20N4O. The quantitative estimate of drug-likeness (QED) is 0.693. The summed E-state index contributed by atoms with van der Waals surface area (Å²) in [5, 5.41) is 3.41. The summed E-state index contributed by atoms with van der Waals surface area (Å²) in [4.78, 5) is 13.5. The molecule has 1 aliphatic rings. The molecule has 0 spiro atoms. The highest BCUT2D eigenvalue weighted by molar-refractivity contribution is 6.00. The summed E-state index contributed by atoms with van der Waals surface area (Å²) in [6.45, 7) is 2.15. The monoisotopic (exact) mass is 248 g/mol. The zero-order valence-electron chi connectivity index (χ0n) is 10.6. The molecule has 0 radical (unpaired) electrons. The third-order valence-electron chi connectivity index (χ3n) is 3.45. The normalized spacial score (nSPS) is 17.6. The van der Waals surface area contributed by atoms with Gasteiger partial charge in [0.1, 0.15) is 0 Å². The number of nitrogens with two attached hydrogens (primary N) is 2. The Labute approximate surface area is 107 Å².